The molecule has 2 unspecified atom stereocenters. The summed E-state index contributed by atoms with van der Waals surface area (Å²) in [4.78, 5) is 12.2. The summed E-state index contributed by atoms with van der Waals surface area (Å²) < 4.78 is 11.4. The summed E-state index contributed by atoms with van der Waals surface area (Å²) in [6, 6.07) is 8.74. The number of carbonyl (C=O) groups is 1. The number of rotatable bonds is 5. The molecular weight excluding hydrogens is 316 g/mol. The van der Waals surface area contributed by atoms with Gasteiger partial charge in [-0.05, 0) is 50.1 Å². The fourth-order valence-electron chi connectivity index (χ4n) is 3.36. The Hall–Kier alpha value is -2.75. The van der Waals surface area contributed by atoms with Crippen LogP contribution >= 0.6 is 0 Å². The van der Waals surface area contributed by atoms with Gasteiger partial charge in [0.1, 0.15) is 28.8 Å². The predicted molar refractivity (Wildman–Crippen MR) is 96.7 cm³/mol. The van der Waals surface area contributed by atoms with E-state index >= 15 is 0 Å². The molecule has 1 fully saturated rings. The third-order valence-electron chi connectivity index (χ3n) is 4.49. The number of allylic oxidation sites excluding steroid dienone is 1. The molecule has 4 nitrogen and oxygen atoms in total. The van der Waals surface area contributed by atoms with E-state index in [-0.39, 0.29) is 23.4 Å². The van der Waals surface area contributed by atoms with Crippen molar-refractivity contribution in [2.75, 3.05) is 7.11 Å². The Balaban J connectivity index is 1.95. The topological polar surface area (TPSA) is 55.8 Å². The standard InChI is InChI=1S/C21H22O4/c1-11(2)18-20(21(18)23)19-13(4)8-16(10-17(19)24-5)25-15-7-12(3)6-14(22)9-15/h6-10,18,20,22H,1H2,2-5H3. The molecule has 25 heavy (non-hydrogen) atoms. The van der Waals surface area contributed by atoms with Gasteiger partial charge in [0.15, 0.2) is 0 Å². The lowest BCUT2D eigenvalue weighted by Crippen LogP contribution is -1.97. The third kappa shape index (κ3) is 3.25. The van der Waals surface area contributed by atoms with E-state index in [0.717, 1.165) is 22.3 Å². The Morgan fingerprint density at radius 1 is 1.12 bits per heavy atom. The second-order valence-corrected chi connectivity index (χ2v) is 6.67. The van der Waals surface area contributed by atoms with Crippen LogP contribution in [0.25, 0.3) is 0 Å². The maximum atomic E-state index is 12.2. The van der Waals surface area contributed by atoms with Crippen LogP contribution in [-0.2, 0) is 4.79 Å². The highest BCUT2D eigenvalue weighted by Crippen LogP contribution is 2.52. The molecule has 0 spiro atoms. The molecule has 1 aliphatic carbocycles. The molecule has 1 saturated carbocycles. The van der Waals surface area contributed by atoms with Crippen molar-refractivity contribution in [2.45, 2.75) is 26.7 Å². The molecular formula is C21H22O4. The second kappa shape index (κ2) is 6.28. The van der Waals surface area contributed by atoms with Crippen molar-refractivity contribution in [3.8, 4) is 23.0 Å². The molecule has 0 radical (unpaired) electrons. The van der Waals surface area contributed by atoms with Crippen molar-refractivity contribution < 1.29 is 19.4 Å². The lowest BCUT2D eigenvalue weighted by atomic mass is 9.99. The summed E-state index contributed by atoms with van der Waals surface area (Å²) in [5, 5.41) is 9.71. The molecule has 2 aromatic carbocycles. The van der Waals surface area contributed by atoms with E-state index in [0.29, 0.717) is 17.2 Å². The fraction of sp³-hybridized carbons (Fsp3) is 0.286. The van der Waals surface area contributed by atoms with Crippen molar-refractivity contribution in [2.24, 2.45) is 5.92 Å². The highest BCUT2D eigenvalue weighted by molar-refractivity contribution is 6.07. The van der Waals surface area contributed by atoms with Gasteiger partial charge in [0.25, 0.3) is 0 Å². The van der Waals surface area contributed by atoms with Crippen molar-refractivity contribution >= 4 is 5.78 Å². The first-order valence-electron chi connectivity index (χ1n) is 8.18. The number of hydrogen-bond donors (Lipinski definition) is 1. The van der Waals surface area contributed by atoms with Gasteiger partial charge >= 0.3 is 0 Å². The van der Waals surface area contributed by atoms with E-state index in [1.165, 1.54) is 0 Å². The maximum Gasteiger partial charge on any atom is 0.149 e. The van der Waals surface area contributed by atoms with Crippen LogP contribution in [0, 0.1) is 19.8 Å². The van der Waals surface area contributed by atoms with Crippen LogP contribution in [0.15, 0.2) is 42.5 Å². The average molecular weight is 338 g/mol. The molecule has 0 bridgehead atoms. The van der Waals surface area contributed by atoms with Crippen molar-refractivity contribution in [1.82, 2.24) is 0 Å². The summed E-state index contributed by atoms with van der Waals surface area (Å²) in [6.07, 6.45) is 0. The van der Waals surface area contributed by atoms with E-state index in [4.69, 9.17) is 9.47 Å². The third-order valence-corrected chi connectivity index (χ3v) is 4.49. The van der Waals surface area contributed by atoms with Gasteiger partial charge in [0.05, 0.1) is 18.9 Å². The van der Waals surface area contributed by atoms with Gasteiger partial charge in [0, 0.05) is 17.7 Å². The Morgan fingerprint density at radius 2 is 1.80 bits per heavy atom. The fourth-order valence-corrected chi connectivity index (χ4v) is 3.36. The van der Waals surface area contributed by atoms with E-state index in [2.05, 4.69) is 6.58 Å². The average Bonchev–Trinajstić information content (AvgIpc) is 3.16. The minimum Gasteiger partial charge on any atom is -0.508 e. The number of ether oxygens (including phenoxy) is 2. The van der Waals surface area contributed by atoms with E-state index in [9.17, 15) is 9.90 Å². The molecule has 3 rings (SSSR count). The molecule has 0 aliphatic heterocycles. The first-order chi connectivity index (χ1) is 11.8. The number of phenols is 1. The highest BCUT2D eigenvalue weighted by Gasteiger charge is 2.52. The Labute approximate surface area is 147 Å². The number of aryl methyl sites for hydroxylation is 2. The summed E-state index contributed by atoms with van der Waals surface area (Å²) >= 11 is 0. The van der Waals surface area contributed by atoms with Crippen LogP contribution < -0.4 is 9.47 Å². The second-order valence-electron chi connectivity index (χ2n) is 6.67. The monoisotopic (exact) mass is 338 g/mol. The molecule has 1 N–H and O–H groups in total. The van der Waals surface area contributed by atoms with Gasteiger partial charge in [-0.1, -0.05) is 12.2 Å². The number of Topliss-reactive ketones (excluding diaryl/α,β-unsaturated/α-hetero) is 1. The van der Waals surface area contributed by atoms with Crippen LogP contribution in [0.1, 0.15) is 29.5 Å². The first-order valence-corrected chi connectivity index (χ1v) is 8.18. The van der Waals surface area contributed by atoms with Gasteiger partial charge in [-0.15, -0.1) is 0 Å². The van der Waals surface area contributed by atoms with Gasteiger partial charge in [0.2, 0.25) is 0 Å². The van der Waals surface area contributed by atoms with Crippen molar-refractivity contribution in [3.63, 3.8) is 0 Å². The number of phenolic OH excluding ortho intramolecular Hbond substituents is 1. The lowest BCUT2D eigenvalue weighted by molar-refractivity contribution is -0.111. The molecule has 2 aromatic rings. The number of methoxy groups -OCH3 is 1. The zero-order chi connectivity index (χ0) is 18.3. The van der Waals surface area contributed by atoms with Crippen LogP contribution in [0.2, 0.25) is 0 Å². The molecule has 0 saturated heterocycles. The zero-order valence-corrected chi connectivity index (χ0v) is 14.9. The number of aromatic hydroxyl groups is 1. The molecule has 0 aromatic heterocycles. The molecule has 0 heterocycles. The number of hydrogen-bond acceptors (Lipinski definition) is 4. The molecule has 130 valence electrons. The molecule has 2 atom stereocenters. The smallest absolute Gasteiger partial charge is 0.149 e. The highest BCUT2D eigenvalue weighted by atomic mass is 16.5. The lowest BCUT2D eigenvalue weighted by Gasteiger charge is -2.14. The quantitative estimate of drug-likeness (QED) is 0.805. The van der Waals surface area contributed by atoms with Gasteiger partial charge in [-0.25, -0.2) is 0 Å². The Kier molecular flexibility index (Phi) is 4.29. The van der Waals surface area contributed by atoms with E-state index in [1.54, 1.807) is 25.3 Å². The van der Waals surface area contributed by atoms with Crippen LogP contribution in [-0.4, -0.2) is 18.0 Å². The van der Waals surface area contributed by atoms with E-state index in [1.807, 2.05) is 32.9 Å². The number of carbonyl (C=O) groups excluding carboxylic acids is 1. The van der Waals surface area contributed by atoms with Gasteiger partial charge in [-0.2, -0.15) is 0 Å². The molecule has 4 heteroatoms. The zero-order valence-electron chi connectivity index (χ0n) is 14.9. The van der Waals surface area contributed by atoms with Gasteiger partial charge in [-0.3, -0.25) is 4.79 Å². The normalized spacial score (nSPS) is 18.8. The minimum absolute atomic E-state index is 0.118. The summed E-state index contributed by atoms with van der Waals surface area (Å²) in [5.41, 5.74) is 3.63. The maximum absolute atomic E-state index is 12.2. The van der Waals surface area contributed by atoms with Crippen LogP contribution in [0.5, 0.6) is 23.0 Å². The SMILES string of the molecule is C=C(C)C1C(=O)C1c1c(C)cc(Oc2cc(C)cc(O)c2)cc1OC. The molecule has 1 aliphatic rings. The minimum atomic E-state index is -0.176. The summed E-state index contributed by atoms with van der Waals surface area (Å²) in [6.45, 7) is 9.62. The summed E-state index contributed by atoms with van der Waals surface area (Å²) in [5.74, 6) is 1.83. The molecule has 0 amide bonds. The number of benzene rings is 2. The van der Waals surface area contributed by atoms with Crippen LogP contribution in [0.4, 0.5) is 0 Å². The largest absolute Gasteiger partial charge is 0.508 e. The summed E-state index contributed by atoms with van der Waals surface area (Å²) in [7, 11) is 1.59. The Bertz CT molecular complexity index is 846. The Morgan fingerprint density at radius 3 is 2.36 bits per heavy atom. The van der Waals surface area contributed by atoms with Crippen molar-refractivity contribution in [1.29, 1.82) is 0 Å². The predicted octanol–water partition coefficient (Wildman–Crippen LogP) is 4.67. The number of ketones is 1. The first kappa shape index (κ1) is 17.1. The van der Waals surface area contributed by atoms with E-state index < -0.39 is 0 Å². The van der Waals surface area contributed by atoms with Crippen molar-refractivity contribution in [3.05, 3.63) is 59.2 Å². The van der Waals surface area contributed by atoms with Gasteiger partial charge < -0.3 is 14.6 Å². The van der Waals surface area contributed by atoms with Crippen LogP contribution in [0.3, 0.4) is 0 Å².